The molecule has 9 nitrogen and oxygen atoms in total. The van der Waals surface area contributed by atoms with E-state index in [0.29, 0.717) is 5.56 Å². The van der Waals surface area contributed by atoms with E-state index < -0.39 is 48.6 Å². The number of hydrogen-bond donors (Lipinski definition) is 0. The van der Waals surface area contributed by atoms with Gasteiger partial charge in [-0.2, -0.15) is 0 Å². The van der Waals surface area contributed by atoms with Gasteiger partial charge >= 0.3 is 17.9 Å². The van der Waals surface area contributed by atoms with E-state index in [0.717, 1.165) is 11.8 Å². The molecule has 0 bridgehead atoms. The summed E-state index contributed by atoms with van der Waals surface area (Å²) in [4.78, 5) is 39.0. The summed E-state index contributed by atoms with van der Waals surface area (Å²) in [6.07, 6.45) is -4.18. The van der Waals surface area contributed by atoms with Crippen molar-refractivity contribution in [3.05, 3.63) is 108 Å². The molecular formula is C30H28O9S2. The number of ether oxygens (including phenoxy) is 6. The van der Waals surface area contributed by atoms with E-state index in [2.05, 4.69) is 0 Å². The quantitative estimate of drug-likeness (QED) is 0.195. The summed E-state index contributed by atoms with van der Waals surface area (Å²) in [5.74, 6) is -1.98. The Bertz CT molecular complexity index is 1320. The first kappa shape index (κ1) is 30.2. The standard InChI is InChI=1S/C30H28O9S2/c1-34-29-25(38-28(33)21-16-10-5-11-17-21)24(37-27(32)20-14-8-4-9-15-20)23(39-30(40)41-2)22(36-29)18-35-26(31)19-12-6-3-7-13-19/h3-17,22-25,29H,18H2,1-2H3/t22-,23-,24+,25-,29+/m1/s1. The highest BCUT2D eigenvalue weighted by atomic mass is 32.2. The van der Waals surface area contributed by atoms with Crippen LogP contribution in [0.4, 0.5) is 0 Å². The van der Waals surface area contributed by atoms with Gasteiger partial charge in [-0.1, -0.05) is 66.4 Å². The van der Waals surface area contributed by atoms with Crippen molar-refractivity contribution in [3.63, 3.8) is 0 Å². The van der Waals surface area contributed by atoms with Crippen molar-refractivity contribution in [1.29, 1.82) is 0 Å². The molecule has 1 aliphatic rings. The van der Waals surface area contributed by atoms with Crippen molar-refractivity contribution in [2.75, 3.05) is 20.0 Å². The largest absolute Gasteiger partial charge is 0.468 e. The Labute approximate surface area is 247 Å². The third-order valence-electron chi connectivity index (χ3n) is 6.12. The Kier molecular flexibility index (Phi) is 10.9. The monoisotopic (exact) mass is 596 g/mol. The molecule has 0 aromatic heterocycles. The predicted molar refractivity (Wildman–Crippen MR) is 155 cm³/mol. The number of benzene rings is 3. The molecule has 0 radical (unpaired) electrons. The minimum Gasteiger partial charge on any atom is -0.468 e. The van der Waals surface area contributed by atoms with Crippen molar-refractivity contribution in [3.8, 4) is 0 Å². The number of rotatable bonds is 9. The first-order chi connectivity index (χ1) is 19.9. The average Bonchev–Trinajstić information content (AvgIpc) is 3.02. The van der Waals surface area contributed by atoms with Crippen LogP contribution in [-0.2, 0) is 28.4 Å². The first-order valence-corrected chi connectivity index (χ1v) is 14.2. The summed E-state index contributed by atoms with van der Waals surface area (Å²) < 4.78 is 35.0. The van der Waals surface area contributed by atoms with E-state index in [4.69, 9.17) is 40.6 Å². The maximum atomic E-state index is 13.2. The van der Waals surface area contributed by atoms with Crippen LogP contribution in [-0.4, -0.2) is 73.0 Å². The lowest BCUT2D eigenvalue weighted by molar-refractivity contribution is -0.289. The maximum absolute atomic E-state index is 13.2. The molecule has 1 saturated heterocycles. The fraction of sp³-hybridized carbons (Fsp3) is 0.267. The van der Waals surface area contributed by atoms with Crippen molar-refractivity contribution in [2.24, 2.45) is 0 Å². The van der Waals surface area contributed by atoms with Crippen LogP contribution in [0.5, 0.6) is 0 Å². The van der Waals surface area contributed by atoms with Gasteiger partial charge in [0.25, 0.3) is 0 Å². The van der Waals surface area contributed by atoms with Gasteiger partial charge in [0.2, 0.25) is 4.38 Å². The third-order valence-corrected chi connectivity index (χ3v) is 7.14. The summed E-state index contributed by atoms with van der Waals surface area (Å²) in [5.41, 5.74) is 0.872. The van der Waals surface area contributed by atoms with Gasteiger partial charge in [-0.15, -0.1) is 0 Å². The molecule has 1 fully saturated rings. The second kappa shape index (κ2) is 14.7. The van der Waals surface area contributed by atoms with E-state index in [1.165, 1.54) is 7.11 Å². The number of thioether (sulfide) groups is 1. The van der Waals surface area contributed by atoms with Gasteiger partial charge in [-0.3, -0.25) is 0 Å². The number of carbonyl (C=O) groups is 3. The molecule has 5 atom stereocenters. The smallest absolute Gasteiger partial charge is 0.338 e. The lowest BCUT2D eigenvalue weighted by Crippen LogP contribution is -2.62. The zero-order valence-corrected chi connectivity index (χ0v) is 23.9. The molecule has 3 aromatic rings. The van der Waals surface area contributed by atoms with Crippen LogP contribution in [0.15, 0.2) is 91.0 Å². The molecule has 0 spiro atoms. The van der Waals surface area contributed by atoms with Crippen molar-refractivity contribution >= 4 is 46.3 Å². The SMILES string of the molecule is CO[C@H]1O[C@H](COC(=O)c2ccccc2)[C@@H](OC(=S)SC)[C@H](OC(=O)c2ccccc2)[C@H]1OC(=O)c1ccccc1. The van der Waals surface area contributed by atoms with Crippen LogP contribution in [0.2, 0.25) is 0 Å². The number of methoxy groups -OCH3 is 1. The summed E-state index contributed by atoms with van der Waals surface area (Å²) in [5, 5.41) is 0. The Hall–Kier alpha value is -3.77. The number of esters is 3. The molecule has 11 heteroatoms. The van der Waals surface area contributed by atoms with Crippen LogP contribution < -0.4 is 0 Å². The van der Waals surface area contributed by atoms with E-state index >= 15 is 0 Å². The fourth-order valence-electron chi connectivity index (χ4n) is 4.11. The Morgan fingerprint density at radius 1 is 0.707 bits per heavy atom. The van der Waals surface area contributed by atoms with Gasteiger partial charge in [-0.05, 0) is 54.9 Å². The van der Waals surface area contributed by atoms with E-state index in [1.54, 1.807) is 97.3 Å². The van der Waals surface area contributed by atoms with E-state index in [9.17, 15) is 14.4 Å². The Balaban J connectivity index is 1.66. The number of thiocarbonyl (C=S) groups is 1. The topological polar surface area (TPSA) is 107 Å². The number of carbonyl (C=O) groups excluding carboxylic acids is 3. The second-order valence-corrected chi connectivity index (χ2v) is 10.2. The van der Waals surface area contributed by atoms with Crippen LogP contribution in [0.25, 0.3) is 0 Å². The number of hydrogen-bond acceptors (Lipinski definition) is 11. The summed E-state index contributed by atoms with van der Waals surface area (Å²) >= 11 is 6.46. The molecule has 3 aromatic carbocycles. The minimum absolute atomic E-state index is 0.114. The molecule has 1 aliphatic heterocycles. The molecule has 0 N–H and O–H groups in total. The van der Waals surface area contributed by atoms with Crippen LogP contribution in [0, 0.1) is 0 Å². The summed E-state index contributed by atoms with van der Waals surface area (Å²) in [6, 6.07) is 25.0. The lowest BCUT2D eigenvalue weighted by atomic mass is 9.98. The zero-order valence-electron chi connectivity index (χ0n) is 22.2. The minimum atomic E-state index is -1.27. The van der Waals surface area contributed by atoms with Crippen molar-refractivity contribution in [2.45, 2.75) is 30.7 Å². The molecule has 4 rings (SSSR count). The molecule has 0 amide bonds. The van der Waals surface area contributed by atoms with E-state index in [1.807, 2.05) is 0 Å². The molecule has 41 heavy (non-hydrogen) atoms. The van der Waals surface area contributed by atoms with E-state index in [-0.39, 0.29) is 22.1 Å². The first-order valence-electron chi connectivity index (χ1n) is 12.6. The van der Waals surface area contributed by atoms with Gasteiger partial charge in [-0.25, -0.2) is 14.4 Å². The van der Waals surface area contributed by atoms with Gasteiger partial charge in [0, 0.05) is 7.11 Å². The Morgan fingerprint density at radius 2 is 1.17 bits per heavy atom. The van der Waals surface area contributed by atoms with Gasteiger partial charge in [0.15, 0.2) is 24.6 Å². The summed E-state index contributed by atoms with van der Waals surface area (Å²) in [6.45, 7) is -0.298. The van der Waals surface area contributed by atoms with Crippen LogP contribution >= 0.6 is 24.0 Å². The van der Waals surface area contributed by atoms with Crippen LogP contribution in [0.1, 0.15) is 31.1 Å². The maximum Gasteiger partial charge on any atom is 0.338 e. The lowest BCUT2D eigenvalue weighted by Gasteiger charge is -2.44. The highest BCUT2D eigenvalue weighted by molar-refractivity contribution is 8.22. The molecule has 0 saturated carbocycles. The summed E-state index contributed by atoms with van der Waals surface area (Å²) in [7, 11) is 1.35. The highest BCUT2D eigenvalue weighted by Gasteiger charge is 2.53. The average molecular weight is 597 g/mol. The van der Waals surface area contributed by atoms with Gasteiger partial charge in [0.1, 0.15) is 12.7 Å². The molecule has 0 unspecified atom stereocenters. The van der Waals surface area contributed by atoms with Crippen molar-refractivity contribution < 1.29 is 42.8 Å². The predicted octanol–water partition coefficient (Wildman–Crippen LogP) is 4.70. The molecular weight excluding hydrogens is 568 g/mol. The van der Waals surface area contributed by atoms with Gasteiger partial charge < -0.3 is 28.4 Å². The molecule has 1 heterocycles. The highest BCUT2D eigenvalue weighted by Crippen LogP contribution is 2.31. The second-order valence-electron chi connectivity index (χ2n) is 8.75. The Morgan fingerprint density at radius 3 is 1.63 bits per heavy atom. The van der Waals surface area contributed by atoms with Crippen LogP contribution in [0.3, 0.4) is 0 Å². The van der Waals surface area contributed by atoms with Crippen molar-refractivity contribution in [1.82, 2.24) is 0 Å². The third kappa shape index (κ3) is 7.92. The normalized spacial score (nSPS) is 21.8. The molecule has 0 aliphatic carbocycles. The fourth-order valence-corrected chi connectivity index (χ4v) is 4.43. The van der Waals surface area contributed by atoms with Gasteiger partial charge in [0.05, 0.1) is 16.7 Å². The zero-order chi connectivity index (χ0) is 29.2. The molecule has 214 valence electrons.